The molecule has 35 heavy (non-hydrogen) atoms. The topological polar surface area (TPSA) is 142 Å². The van der Waals surface area contributed by atoms with Crippen LogP contribution in [-0.2, 0) is 9.59 Å². The minimum Gasteiger partial charge on any atom is -0.395 e. The highest BCUT2D eigenvalue weighted by molar-refractivity contribution is 7.16. The second kappa shape index (κ2) is 11.8. The summed E-state index contributed by atoms with van der Waals surface area (Å²) in [6.07, 6.45) is 1.51. The van der Waals surface area contributed by atoms with E-state index < -0.39 is 11.8 Å². The number of carbonyl (C=O) groups excluding carboxylic acids is 2. The van der Waals surface area contributed by atoms with Crippen LogP contribution in [0.3, 0.4) is 0 Å². The van der Waals surface area contributed by atoms with Crippen molar-refractivity contribution in [3.63, 3.8) is 0 Å². The van der Waals surface area contributed by atoms with Crippen LogP contribution in [0.25, 0.3) is 6.08 Å². The van der Waals surface area contributed by atoms with Gasteiger partial charge in [0.2, 0.25) is 5.13 Å². The molecule has 1 aromatic carbocycles. The van der Waals surface area contributed by atoms with Crippen molar-refractivity contribution in [2.45, 2.75) is 13.8 Å². The van der Waals surface area contributed by atoms with Crippen molar-refractivity contribution < 1.29 is 19.8 Å². The number of halogens is 1. The number of aliphatic hydroxyl groups is 2. The van der Waals surface area contributed by atoms with Crippen LogP contribution in [0.1, 0.15) is 18.7 Å². The number of hydrogen-bond acceptors (Lipinski definition) is 10. The molecule has 2 heterocycles. The first-order valence-electron chi connectivity index (χ1n) is 10.7. The van der Waals surface area contributed by atoms with Crippen LogP contribution in [-0.4, -0.2) is 64.8 Å². The first kappa shape index (κ1) is 26.2. The average Bonchev–Trinajstić information content (AvgIpc) is 3.20. The number of benzene rings is 1. The predicted molar refractivity (Wildman–Crippen MR) is 133 cm³/mol. The molecule has 0 saturated carbocycles. The monoisotopic (exact) mass is 514 g/mol. The average molecular weight is 515 g/mol. The number of thiazole rings is 1. The van der Waals surface area contributed by atoms with Crippen molar-refractivity contribution in [3.8, 4) is 6.07 Å². The molecular formula is C23H23ClN6O4S. The van der Waals surface area contributed by atoms with Crippen molar-refractivity contribution in [1.82, 2.24) is 9.88 Å². The molecule has 0 saturated heterocycles. The van der Waals surface area contributed by atoms with Crippen LogP contribution >= 0.6 is 22.9 Å². The number of nitrogens with zero attached hydrogens (tertiary/aromatic N) is 6. The van der Waals surface area contributed by atoms with Gasteiger partial charge in [0, 0.05) is 30.9 Å². The highest BCUT2D eigenvalue weighted by atomic mass is 35.5. The molecule has 1 aromatic heterocycles. The van der Waals surface area contributed by atoms with Gasteiger partial charge in [0.05, 0.1) is 23.8 Å². The van der Waals surface area contributed by atoms with E-state index in [1.165, 1.54) is 6.08 Å². The van der Waals surface area contributed by atoms with Gasteiger partial charge in [-0.05, 0) is 49.8 Å². The maximum atomic E-state index is 12.8. The minimum atomic E-state index is -0.610. The van der Waals surface area contributed by atoms with Gasteiger partial charge in [-0.1, -0.05) is 22.9 Å². The summed E-state index contributed by atoms with van der Waals surface area (Å²) in [5.74, 6) is -1.11. The van der Waals surface area contributed by atoms with Crippen LogP contribution in [0.2, 0.25) is 5.15 Å². The van der Waals surface area contributed by atoms with Gasteiger partial charge in [-0.25, -0.2) is 4.98 Å². The van der Waals surface area contributed by atoms with Gasteiger partial charge >= 0.3 is 0 Å². The van der Waals surface area contributed by atoms with Crippen molar-refractivity contribution in [2.24, 2.45) is 10.2 Å². The van der Waals surface area contributed by atoms with Gasteiger partial charge in [-0.2, -0.15) is 5.26 Å². The summed E-state index contributed by atoms with van der Waals surface area (Å²) in [7, 11) is 0. The number of aromatic nitrogens is 1. The zero-order valence-corrected chi connectivity index (χ0v) is 20.7. The third-order valence-electron chi connectivity index (χ3n) is 5.22. The molecule has 2 aromatic rings. The summed E-state index contributed by atoms with van der Waals surface area (Å²) in [6.45, 7) is 4.08. The number of amides is 2. The SMILES string of the molecule is CCN1C(=O)C(C#N)=C(C)/C(=C\c2sc(N=Nc3ccc(N(CCO)CCO)cc3)nc2Cl)C1=O. The fourth-order valence-electron chi connectivity index (χ4n) is 3.42. The van der Waals surface area contributed by atoms with Gasteiger partial charge < -0.3 is 15.1 Å². The van der Waals surface area contributed by atoms with E-state index >= 15 is 0 Å². The third-order valence-corrected chi connectivity index (χ3v) is 6.51. The largest absolute Gasteiger partial charge is 0.395 e. The summed E-state index contributed by atoms with van der Waals surface area (Å²) in [5, 5.41) is 36.4. The Balaban J connectivity index is 1.84. The van der Waals surface area contributed by atoms with E-state index in [1.54, 1.807) is 26.0 Å². The van der Waals surface area contributed by atoms with Crippen LogP contribution in [0.5, 0.6) is 0 Å². The van der Waals surface area contributed by atoms with Crippen molar-refractivity contribution in [2.75, 3.05) is 37.7 Å². The molecule has 10 nitrogen and oxygen atoms in total. The first-order chi connectivity index (χ1) is 16.8. The Labute approximate surface area is 211 Å². The van der Waals surface area contributed by atoms with Gasteiger partial charge in [0.25, 0.3) is 11.8 Å². The summed E-state index contributed by atoms with van der Waals surface area (Å²) >= 11 is 7.37. The number of rotatable bonds is 9. The lowest BCUT2D eigenvalue weighted by Crippen LogP contribution is -2.42. The van der Waals surface area contributed by atoms with Crippen LogP contribution < -0.4 is 4.90 Å². The molecule has 0 fully saturated rings. The summed E-state index contributed by atoms with van der Waals surface area (Å²) in [5.41, 5.74) is 1.79. The third kappa shape index (κ3) is 5.80. The minimum absolute atomic E-state index is 0.0315. The Morgan fingerprint density at radius 1 is 1.17 bits per heavy atom. The Bertz CT molecular complexity index is 1240. The molecule has 0 bridgehead atoms. The quantitative estimate of drug-likeness (QED) is 0.295. The lowest BCUT2D eigenvalue weighted by atomic mass is 9.95. The summed E-state index contributed by atoms with van der Waals surface area (Å²) < 4.78 is 0. The highest BCUT2D eigenvalue weighted by Gasteiger charge is 2.34. The second-order valence-electron chi connectivity index (χ2n) is 7.33. The number of azo groups is 1. The summed E-state index contributed by atoms with van der Waals surface area (Å²) in [6, 6.07) is 8.98. The normalized spacial score (nSPS) is 15.4. The second-order valence-corrected chi connectivity index (χ2v) is 8.69. The van der Waals surface area contributed by atoms with Crippen molar-refractivity contribution in [3.05, 3.63) is 51.0 Å². The van der Waals surface area contributed by atoms with E-state index in [1.807, 2.05) is 23.1 Å². The van der Waals surface area contributed by atoms with Gasteiger partial charge in [-0.15, -0.1) is 10.2 Å². The standard InChI is InChI=1S/C23H23ClN6O4S/c1-3-30-21(33)17(14(2)18(13-25)22(30)34)12-19-20(24)26-23(35-19)28-27-15-4-6-16(7-5-15)29(8-10-31)9-11-32/h4-7,12,31-32H,3,8-11H2,1-2H3/b17-12+,28-27?. The molecule has 1 aliphatic rings. The number of likely N-dealkylation sites (N-methyl/N-ethyl adjacent to an activating group) is 1. The van der Waals surface area contributed by atoms with E-state index in [9.17, 15) is 25.1 Å². The molecule has 0 atom stereocenters. The first-order valence-corrected chi connectivity index (χ1v) is 11.9. The fraction of sp³-hybridized carbons (Fsp3) is 0.304. The number of hydrogen-bond donors (Lipinski definition) is 2. The molecule has 0 spiro atoms. The van der Waals surface area contributed by atoms with Gasteiger partial charge in [-0.3, -0.25) is 14.5 Å². The van der Waals surface area contributed by atoms with E-state index in [2.05, 4.69) is 15.2 Å². The van der Waals surface area contributed by atoms with Gasteiger partial charge in [0.1, 0.15) is 16.8 Å². The molecular weight excluding hydrogens is 492 g/mol. The Kier molecular flexibility index (Phi) is 8.84. The van der Waals surface area contributed by atoms with E-state index in [0.717, 1.165) is 21.9 Å². The maximum absolute atomic E-state index is 12.8. The Hall–Kier alpha value is -3.43. The summed E-state index contributed by atoms with van der Waals surface area (Å²) in [4.78, 5) is 32.6. The molecule has 182 valence electrons. The predicted octanol–water partition coefficient (Wildman–Crippen LogP) is 3.62. The number of nitriles is 1. The van der Waals surface area contributed by atoms with E-state index in [4.69, 9.17) is 11.6 Å². The lowest BCUT2D eigenvalue weighted by molar-refractivity contribution is -0.140. The number of aliphatic hydroxyl groups excluding tert-OH is 2. The highest BCUT2D eigenvalue weighted by Crippen LogP contribution is 2.35. The molecule has 0 radical (unpaired) electrons. The van der Waals surface area contributed by atoms with Crippen molar-refractivity contribution >= 4 is 57.3 Å². The lowest BCUT2D eigenvalue weighted by Gasteiger charge is -2.26. The zero-order valence-electron chi connectivity index (χ0n) is 19.1. The molecule has 0 unspecified atom stereocenters. The zero-order chi connectivity index (χ0) is 25.5. The number of carbonyl (C=O) groups is 2. The molecule has 2 amide bonds. The number of imide groups is 1. The Morgan fingerprint density at radius 3 is 2.40 bits per heavy atom. The smallest absolute Gasteiger partial charge is 0.271 e. The molecule has 3 rings (SSSR count). The van der Waals surface area contributed by atoms with Crippen LogP contribution in [0.4, 0.5) is 16.5 Å². The Morgan fingerprint density at radius 2 is 1.83 bits per heavy atom. The molecule has 0 aliphatic carbocycles. The van der Waals surface area contributed by atoms with E-state index in [-0.39, 0.29) is 46.8 Å². The van der Waals surface area contributed by atoms with Crippen molar-refractivity contribution in [1.29, 1.82) is 5.26 Å². The van der Waals surface area contributed by atoms with E-state index in [0.29, 0.717) is 23.7 Å². The maximum Gasteiger partial charge on any atom is 0.271 e. The van der Waals surface area contributed by atoms with Crippen LogP contribution in [0.15, 0.2) is 51.2 Å². The molecule has 1 aliphatic heterocycles. The van der Waals surface area contributed by atoms with Crippen LogP contribution in [0, 0.1) is 11.3 Å². The fourth-order valence-corrected chi connectivity index (χ4v) is 4.45. The molecule has 2 N–H and O–H groups in total. The number of anilines is 1. The molecule has 12 heteroatoms. The van der Waals surface area contributed by atoms with Gasteiger partial charge in [0.15, 0.2) is 0 Å².